The molecule has 0 aliphatic heterocycles. The van der Waals surface area contributed by atoms with Gasteiger partial charge in [0.15, 0.2) is 0 Å². The van der Waals surface area contributed by atoms with Crippen molar-refractivity contribution in [1.29, 1.82) is 5.26 Å². The fourth-order valence-corrected chi connectivity index (χ4v) is 3.51. The molecule has 3 rings (SSSR count). The summed E-state index contributed by atoms with van der Waals surface area (Å²) in [5.74, 6) is 1.37. The highest BCUT2D eigenvalue weighted by Crippen LogP contribution is 2.40. The smallest absolute Gasteiger partial charge is 0.101 e. The van der Waals surface area contributed by atoms with Crippen LogP contribution in [0.25, 0.3) is 10.9 Å². The molecule has 104 valence electrons. The standard InChI is InChI=1S/C17H21N3/c1-2-19-10-13-4-3-5-15(13)12-6-7-17-16(8-12)14(9-18)11-20-17/h6-8,11,13,15,19-20H,2-5,10H2,1H3/t13-,15-/m0/s1. The largest absolute Gasteiger partial charge is 0.360 e. The number of nitriles is 1. The zero-order chi connectivity index (χ0) is 13.9. The van der Waals surface area contributed by atoms with Gasteiger partial charge in [-0.3, -0.25) is 0 Å². The van der Waals surface area contributed by atoms with E-state index in [4.69, 9.17) is 5.26 Å². The van der Waals surface area contributed by atoms with E-state index in [1.54, 1.807) is 6.20 Å². The van der Waals surface area contributed by atoms with Gasteiger partial charge in [-0.2, -0.15) is 5.26 Å². The minimum Gasteiger partial charge on any atom is -0.360 e. The summed E-state index contributed by atoms with van der Waals surface area (Å²) in [5, 5.41) is 13.7. The second-order valence-electron chi connectivity index (χ2n) is 5.72. The van der Waals surface area contributed by atoms with Crippen molar-refractivity contribution in [1.82, 2.24) is 10.3 Å². The van der Waals surface area contributed by atoms with Crippen LogP contribution in [-0.4, -0.2) is 18.1 Å². The molecule has 3 nitrogen and oxygen atoms in total. The van der Waals surface area contributed by atoms with Crippen molar-refractivity contribution in [3.63, 3.8) is 0 Å². The molecule has 3 heteroatoms. The Hall–Kier alpha value is -1.79. The highest BCUT2D eigenvalue weighted by atomic mass is 14.8. The van der Waals surface area contributed by atoms with E-state index >= 15 is 0 Å². The van der Waals surface area contributed by atoms with Crippen molar-refractivity contribution < 1.29 is 0 Å². The lowest BCUT2D eigenvalue weighted by Crippen LogP contribution is -2.24. The van der Waals surface area contributed by atoms with Crippen molar-refractivity contribution in [3.05, 3.63) is 35.5 Å². The first kappa shape index (κ1) is 13.2. The Morgan fingerprint density at radius 2 is 2.30 bits per heavy atom. The van der Waals surface area contributed by atoms with Gasteiger partial charge >= 0.3 is 0 Å². The van der Waals surface area contributed by atoms with Crippen LogP contribution in [0, 0.1) is 17.2 Å². The molecule has 2 N–H and O–H groups in total. The molecule has 0 spiro atoms. The number of hydrogen-bond donors (Lipinski definition) is 2. The van der Waals surface area contributed by atoms with Gasteiger partial charge in [0, 0.05) is 17.1 Å². The van der Waals surface area contributed by atoms with Crippen molar-refractivity contribution in [3.8, 4) is 6.07 Å². The average Bonchev–Trinajstić information content (AvgIpc) is 3.10. The van der Waals surface area contributed by atoms with Gasteiger partial charge in [0.2, 0.25) is 0 Å². The third-order valence-electron chi connectivity index (χ3n) is 4.57. The van der Waals surface area contributed by atoms with E-state index in [9.17, 15) is 0 Å². The molecule has 0 saturated heterocycles. The van der Waals surface area contributed by atoms with Crippen LogP contribution in [0.5, 0.6) is 0 Å². The molecule has 1 heterocycles. The predicted molar refractivity (Wildman–Crippen MR) is 81.6 cm³/mol. The average molecular weight is 267 g/mol. The number of nitrogens with one attached hydrogen (secondary N) is 2. The van der Waals surface area contributed by atoms with Crippen molar-refractivity contribution in [2.45, 2.75) is 32.1 Å². The molecule has 1 aliphatic carbocycles. The van der Waals surface area contributed by atoms with Gasteiger partial charge in [-0.05, 0) is 55.5 Å². The molecule has 2 atom stereocenters. The number of nitrogens with zero attached hydrogens (tertiary/aromatic N) is 1. The van der Waals surface area contributed by atoms with Gasteiger partial charge in [0.25, 0.3) is 0 Å². The first-order valence-electron chi connectivity index (χ1n) is 7.55. The van der Waals surface area contributed by atoms with Crippen LogP contribution in [-0.2, 0) is 0 Å². The van der Waals surface area contributed by atoms with Crippen LogP contribution in [0.4, 0.5) is 0 Å². The van der Waals surface area contributed by atoms with E-state index in [2.05, 4.69) is 41.5 Å². The van der Waals surface area contributed by atoms with Gasteiger partial charge in [0.05, 0.1) is 5.56 Å². The first-order chi connectivity index (χ1) is 9.83. The molecule has 20 heavy (non-hydrogen) atoms. The maximum atomic E-state index is 9.17. The Kier molecular flexibility index (Phi) is 3.75. The summed E-state index contributed by atoms with van der Waals surface area (Å²) in [5.41, 5.74) is 3.21. The van der Waals surface area contributed by atoms with E-state index in [1.165, 1.54) is 24.8 Å². The quantitative estimate of drug-likeness (QED) is 0.890. The fraction of sp³-hybridized carbons (Fsp3) is 0.471. The minimum absolute atomic E-state index is 0.639. The summed E-state index contributed by atoms with van der Waals surface area (Å²) in [6, 6.07) is 8.84. The molecule has 0 amide bonds. The lowest BCUT2D eigenvalue weighted by molar-refractivity contribution is 0.450. The molecule has 1 aliphatic rings. The predicted octanol–water partition coefficient (Wildman–Crippen LogP) is 3.53. The lowest BCUT2D eigenvalue weighted by atomic mass is 9.88. The Morgan fingerprint density at radius 1 is 1.40 bits per heavy atom. The zero-order valence-electron chi connectivity index (χ0n) is 11.9. The second kappa shape index (κ2) is 5.68. The lowest BCUT2D eigenvalue weighted by Gasteiger charge is -2.20. The summed E-state index contributed by atoms with van der Waals surface area (Å²) in [6.45, 7) is 4.31. The van der Waals surface area contributed by atoms with Gasteiger partial charge in [-0.25, -0.2) is 0 Å². The van der Waals surface area contributed by atoms with Crippen molar-refractivity contribution in [2.24, 2.45) is 5.92 Å². The Balaban J connectivity index is 1.91. The Bertz CT molecular complexity index is 635. The summed E-state index contributed by atoms with van der Waals surface area (Å²) >= 11 is 0. The van der Waals surface area contributed by atoms with Gasteiger partial charge in [-0.15, -0.1) is 0 Å². The number of rotatable bonds is 4. The summed E-state index contributed by atoms with van der Waals surface area (Å²) in [6.07, 6.45) is 5.71. The molecule has 0 radical (unpaired) electrons. The Labute approximate surface area is 120 Å². The van der Waals surface area contributed by atoms with Crippen LogP contribution >= 0.6 is 0 Å². The minimum atomic E-state index is 0.639. The van der Waals surface area contributed by atoms with E-state index < -0.39 is 0 Å². The van der Waals surface area contributed by atoms with Crippen LogP contribution < -0.4 is 5.32 Å². The molecule has 1 saturated carbocycles. The topological polar surface area (TPSA) is 51.6 Å². The monoisotopic (exact) mass is 267 g/mol. The van der Waals surface area contributed by atoms with Crippen molar-refractivity contribution >= 4 is 10.9 Å². The highest BCUT2D eigenvalue weighted by molar-refractivity contribution is 5.86. The third kappa shape index (κ3) is 2.32. The van der Waals surface area contributed by atoms with Gasteiger partial charge in [-0.1, -0.05) is 19.4 Å². The van der Waals surface area contributed by atoms with Crippen LogP contribution in [0.3, 0.4) is 0 Å². The zero-order valence-corrected chi connectivity index (χ0v) is 11.9. The molecule has 1 fully saturated rings. The van der Waals surface area contributed by atoms with Crippen LogP contribution in [0.15, 0.2) is 24.4 Å². The maximum Gasteiger partial charge on any atom is 0.101 e. The number of aromatic nitrogens is 1. The molecule has 2 aromatic rings. The molecule has 0 unspecified atom stereocenters. The van der Waals surface area contributed by atoms with Crippen LogP contribution in [0.2, 0.25) is 0 Å². The Morgan fingerprint density at radius 3 is 3.10 bits per heavy atom. The summed E-state index contributed by atoms with van der Waals surface area (Å²) < 4.78 is 0. The summed E-state index contributed by atoms with van der Waals surface area (Å²) in [7, 11) is 0. The molecule has 1 aromatic carbocycles. The number of fused-ring (bicyclic) bond motifs is 1. The normalized spacial score (nSPS) is 22.2. The molecular formula is C17H21N3. The van der Waals surface area contributed by atoms with E-state index in [-0.39, 0.29) is 0 Å². The van der Waals surface area contributed by atoms with E-state index in [0.717, 1.165) is 35.5 Å². The van der Waals surface area contributed by atoms with E-state index in [1.807, 2.05) is 0 Å². The fourth-order valence-electron chi connectivity index (χ4n) is 3.51. The van der Waals surface area contributed by atoms with Gasteiger partial charge < -0.3 is 10.3 Å². The SMILES string of the molecule is CCNC[C@@H]1CCC[C@H]1c1ccc2[nH]cc(C#N)c2c1. The number of hydrogen-bond acceptors (Lipinski definition) is 2. The molecule has 0 bridgehead atoms. The number of benzene rings is 1. The molecular weight excluding hydrogens is 246 g/mol. The second-order valence-corrected chi connectivity index (χ2v) is 5.72. The van der Waals surface area contributed by atoms with Crippen molar-refractivity contribution in [2.75, 3.05) is 13.1 Å². The third-order valence-corrected chi connectivity index (χ3v) is 4.57. The molecule has 1 aromatic heterocycles. The maximum absolute atomic E-state index is 9.17. The van der Waals surface area contributed by atoms with Gasteiger partial charge in [0.1, 0.15) is 6.07 Å². The summed E-state index contributed by atoms with van der Waals surface area (Å²) in [4.78, 5) is 3.17. The van der Waals surface area contributed by atoms with Crippen LogP contribution in [0.1, 0.15) is 43.2 Å². The highest BCUT2D eigenvalue weighted by Gasteiger charge is 2.28. The number of H-pyrrole nitrogens is 1. The first-order valence-corrected chi connectivity index (χ1v) is 7.55. The van der Waals surface area contributed by atoms with E-state index in [0.29, 0.717) is 5.92 Å². The number of aromatic amines is 1.